The van der Waals surface area contributed by atoms with E-state index in [2.05, 4.69) is 31.2 Å². The summed E-state index contributed by atoms with van der Waals surface area (Å²) in [6, 6.07) is 4.44. The number of amides is 1. The lowest BCUT2D eigenvalue weighted by Crippen LogP contribution is -2.37. The molecule has 140 valence electrons. The molecule has 1 N–H and O–H groups in total. The lowest BCUT2D eigenvalue weighted by molar-refractivity contribution is 0.102. The molecule has 0 radical (unpaired) electrons. The van der Waals surface area contributed by atoms with Crippen molar-refractivity contribution >= 4 is 44.4 Å². The number of morpholine rings is 1. The number of hydrogen-bond acceptors (Lipinski definition) is 6. The van der Waals surface area contributed by atoms with Gasteiger partial charge in [0.2, 0.25) is 5.71 Å². The number of anilines is 2. The van der Waals surface area contributed by atoms with Crippen LogP contribution in [0.2, 0.25) is 0 Å². The van der Waals surface area contributed by atoms with Crippen molar-refractivity contribution in [3.05, 3.63) is 46.1 Å². The van der Waals surface area contributed by atoms with E-state index in [1.165, 1.54) is 18.5 Å². The summed E-state index contributed by atoms with van der Waals surface area (Å²) in [6.45, 7) is 4.14. The second-order valence-electron chi connectivity index (χ2n) is 6.09. The van der Waals surface area contributed by atoms with Gasteiger partial charge in [-0.2, -0.15) is 0 Å². The maximum atomic E-state index is 14.1. The number of aryl methyl sites for hydroxylation is 1. The van der Waals surface area contributed by atoms with Crippen LogP contribution in [0.15, 0.2) is 33.4 Å². The van der Waals surface area contributed by atoms with Crippen molar-refractivity contribution in [2.45, 2.75) is 6.92 Å². The summed E-state index contributed by atoms with van der Waals surface area (Å²) in [5.41, 5.74) is 0.710. The number of furan rings is 1. The van der Waals surface area contributed by atoms with E-state index >= 15 is 0 Å². The number of hydrogen-bond donors (Lipinski definition) is 1. The SMILES string of the molecule is Cc1oc2ncnc(N3CCOCC3)c2c1C(=O)Nc1ccc(Br)cc1F. The van der Waals surface area contributed by atoms with Gasteiger partial charge in [0.1, 0.15) is 23.7 Å². The molecule has 0 unspecified atom stereocenters. The topological polar surface area (TPSA) is 80.5 Å². The summed E-state index contributed by atoms with van der Waals surface area (Å²) in [4.78, 5) is 23.5. The lowest BCUT2D eigenvalue weighted by Gasteiger charge is -2.28. The summed E-state index contributed by atoms with van der Waals surface area (Å²) >= 11 is 3.20. The maximum Gasteiger partial charge on any atom is 0.260 e. The predicted molar refractivity (Wildman–Crippen MR) is 102 cm³/mol. The van der Waals surface area contributed by atoms with Crippen LogP contribution < -0.4 is 10.2 Å². The Morgan fingerprint density at radius 3 is 2.81 bits per heavy atom. The van der Waals surface area contributed by atoms with Crippen LogP contribution in [0.1, 0.15) is 16.1 Å². The van der Waals surface area contributed by atoms with E-state index in [0.717, 1.165) is 0 Å². The number of rotatable bonds is 3. The Bertz CT molecular complexity index is 1020. The minimum Gasteiger partial charge on any atom is -0.442 e. The van der Waals surface area contributed by atoms with E-state index in [0.29, 0.717) is 59.0 Å². The summed E-state index contributed by atoms with van der Waals surface area (Å²) in [6.07, 6.45) is 1.41. The average molecular weight is 435 g/mol. The highest BCUT2D eigenvalue weighted by atomic mass is 79.9. The third-order valence-corrected chi connectivity index (χ3v) is 4.85. The van der Waals surface area contributed by atoms with Crippen LogP contribution in [-0.4, -0.2) is 42.2 Å². The second kappa shape index (κ2) is 7.24. The van der Waals surface area contributed by atoms with Crippen LogP contribution in [-0.2, 0) is 4.74 Å². The van der Waals surface area contributed by atoms with Gasteiger partial charge in [-0.25, -0.2) is 14.4 Å². The number of benzene rings is 1. The zero-order chi connectivity index (χ0) is 19.0. The summed E-state index contributed by atoms with van der Waals surface area (Å²) in [7, 11) is 0. The van der Waals surface area contributed by atoms with Crippen molar-refractivity contribution in [2.75, 3.05) is 36.5 Å². The monoisotopic (exact) mass is 434 g/mol. The standard InChI is InChI=1S/C18H16BrFN4O3/c1-10-14(17(25)23-13-3-2-11(19)8-12(13)20)15-16(21-9-22-18(15)27-10)24-4-6-26-7-5-24/h2-3,8-9H,4-7H2,1H3,(H,23,25). The molecule has 1 aliphatic heterocycles. The zero-order valence-electron chi connectivity index (χ0n) is 14.5. The first kappa shape index (κ1) is 17.9. The quantitative estimate of drug-likeness (QED) is 0.678. The van der Waals surface area contributed by atoms with Gasteiger partial charge in [-0.05, 0) is 25.1 Å². The molecule has 3 aromatic rings. The Labute approximate surface area is 162 Å². The molecule has 0 bridgehead atoms. The van der Waals surface area contributed by atoms with Crippen LogP contribution in [0.3, 0.4) is 0 Å². The molecule has 2 aromatic heterocycles. The van der Waals surface area contributed by atoms with Crippen LogP contribution in [0.5, 0.6) is 0 Å². The fourth-order valence-electron chi connectivity index (χ4n) is 3.09. The summed E-state index contributed by atoms with van der Waals surface area (Å²) in [5.74, 6) is 0.00113. The zero-order valence-corrected chi connectivity index (χ0v) is 16.0. The van der Waals surface area contributed by atoms with Gasteiger partial charge in [-0.3, -0.25) is 4.79 Å². The van der Waals surface area contributed by atoms with E-state index < -0.39 is 11.7 Å². The molecule has 1 amide bonds. The molecule has 0 atom stereocenters. The molecule has 1 saturated heterocycles. The predicted octanol–water partition coefficient (Wildman–Crippen LogP) is 3.52. The van der Waals surface area contributed by atoms with Crippen molar-refractivity contribution in [3.8, 4) is 0 Å². The molecule has 1 fully saturated rings. The van der Waals surface area contributed by atoms with E-state index in [4.69, 9.17) is 9.15 Å². The fraction of sp³-hybridized carbons (Fsp3) is 0.278. The van der Waals surface area contributed by atoms with Crippen molar-refractivity contribution in [1.82, 2.24) is 9.97 Å². The second-order valence-corrected chi connectivity index (χ2v) is 7.00. The number of nitrogens with zero attached hydrogens (tertiary/aromatic N) is 3. The third kappa shape index (κ3) is 3.40. The highest BCUT2D eigenvalue weighted by molar-refractivity contribution is 9.10. The smallest absolute Gasteiger partial charge is 0.260 e. The van der Waals surface area contributed by atoms with Crippen molar-refractivity contribution < 1.29 is 18.3 Å². The molecule has 7 nitrogen and oxygen atoms in total. The van der Waals surface area contributed by atoms with Crippen LogP contribution >= 0.6 is 15.9 Å². The number of halogens is 2. The molecule has 3 heterocycles. The van der Waals surface area contributed by atoms with Crippen molar-refractivity contribution in [2.24, 2.45) is 0 Å². The Morgan fingerprint density at radius 1 is 1.30 bits per heavy atom. The highest BCUT2D eigenvalue weighted by Crippen LogP contribution is 2.32. The summed E-state index contributed by atoms with van der Waals surface area (Å²) < 4.78 is 25.8. The van der Waals surface area contributed by atoms with E-state index in [-0.39, 0.29) is 5.69 Å². The molecular formula is C18H16BrFN4O3. The number of fused-ring (bicyclic) bond motifs is 1. The van der Waals surface area contributed by atoms with Gasteiger partial charge in [0, 0.05) is 17.6 Å². The number of aromatic nitrogens is 2. The minimum atomic E-state index is -0.534. The molecule has 0 spiro atoms. The lowest BCUT2D eigenvalue weighted by atomic mass is 10.1. The highest BCUT2D eigenvalue weighted by Gasteiger charge is 2.26. The molecular weight excluding hydrogens is 419 g/mol. The van der Waals surface area contributed by atoms with Gasteiger partial charge in [0.05, 0.1) is 29.9 Å². The Morgan fingerprint density at radius 2 is 2.07 bits per heavy atom. The van der Waals surface area contributed by atoms with Gasteiger partial charge < -0.3 is 19.4 Å². The molecule has 0 saturated carbocycles. The van der Waals surface area contributed by atoms with Gasteiger partial charge in [-0.1, -0.05) is 15.9 Å². The van der Waals surface area contributed by atoms with E-state index in [9.17, 15) is 9.18 Å². The summed E-state index contributed by atoms with van der Waals surface area (Å²) in [5, 5.41) is 3.13. The number of carbonyl (C=O) groups excluding carboxylic acids is 1. The molecule has 4 rings (SSSR count). The molecule has 1 aliphatic rings. The minimum absolute atomic E-state index is 0.0849. The average Bonchev–Trinajstić information content (AvgIpc) is 3.00. The normalized spacial score (nSPS) is 14.6. The van der Waals surface area contributed by atoms with Gasteiger partial charge in [0.15, 0.2) is 0 Å². The molecule has 9 heteroatoms. The van der Waals surface area contributed by atoms with E-state index in [1.54, 1.807) is 13.0 Å². The Balaban J connectivity index is 1.76. The first-order valence-electron chi connectivity index (χ1n) is 8.38. The van der Waals surface area contributed by atoms with Crippen LogP contribution in [0.4, 0.5) is 15.9 Å². The molecule has 27 heavy (non-hydrogen) atoms. The third-order valence-electron chi connectivity index (χ3n) is 4.36. The molecule has 0 aliphatic carbocycles. The number of nitrogens with one attached hydrogen (secondary N) is 1. The first-order chi connectivity index (χ1) is 13.0. The van der Waals surface area contributed by atoms with Crippen molar-refractivity contribution in [1.29, 1.82) is 0 Å². The van der Waals surface area contributed by atoms with E-state index in [1.807, 2.05) is 4.90 Å². The van der Waals surface area contributed by atoms with Crippen molar-refractivity contribution in [3.63, 3.8) is 0 Å². The van der Waals surface area contributed by atoms with Gasteiger partial charge in [0.25, 0.3) is 5.91 Å². The van der Waals surface area contributed by atoms with Crippen LogP contribution in [0, 0.1) is 12.7 Å². The number of ether oxygens (including phenoxy) is 1. The first-order valence-corrected chi connectivity index (χ1v) is 9.17. The largest absolute Gasteiger partial charge is 0.442 e. The molecule has 1 aromatic carbocycles. The Kier molecular flexibility index (Phi) is 4.79. The van der Waals surface area contributed by atoms with Gasteiger partial charge in [-0.15, -0.1) is 0 Å². The number of carbonyl (C=O) groups is 1. The van der Waals surface area contributed by atoms with Gasteiger partial charge >= 0.3 is 0 Å². The fourth-order valence-corrected chi connectivity index (χ4v) is 3.43. The maximum absolute atomic E-state index is 14.1. The Hall–Kier alpha value is -2.52. The van der Waals surface area contributed by atoms with Crippen LogP contribution in [0.25, 0.3) is 11.1 Å².